The number of esters is 1. The van der Waals surface area contributed by atoms with Gasteiger partial charge in [-0.15, -0.1) is 0 Å². The van der Waals surface area contributed by atoms with Crippen LogP contribution in [0.1, 0.15) is 39.9 Å². The summed E-state index contributed by atoms with van der Waals surface area (Å²) < 4.78 is 10.9. The highest BCUT2D eigenvalue weighted by molar-refractivity contribution is 9.10. The van der Waals surface area contributed by atoms with Gasteiger partial charge >= 0.3 is 5.97 Å². The van der Waals surface area contributed by atoms with Crippen LogP contribution in [0.25, 0.3) is 0 Å². The first kappa shape index (κ1) is 20.7. The first-order valence-corrected chi connectivity index (χ1v) is 9.06. The molecular formula is C19H21BrN2O5. The van der Waals surface area contributed by atoms with Gasteiger partial charge in [-0.1, -0.05) is 28.1 Å². The van der Waals surface area contributed by atoms with Gasteiger partial charge in [0.2, 0.25) is 5.91 Å². The molecule has 144 valence electrons. The predicted molar refractivity (Wildman–Crippen MR) is 102 cm³/mol. The second-order valence-corrected chi connectivity index (χ2v) is 6.88. The van der Waals surface area contributed by atoms with Gasteiger partial charge < -0.3 is 19.8 Å². The summed E-state index contributed by atoms with van der Waals surface area (Å²) in [4.78, 5) is 36.1. The van der Waals surface area contributed by atoms with E-state index in [1.807, 2.05) is 12.1 Å². The highest BCUT2D eigenvalue weighted by Crippen LogP contribution is 2.20. The number of carbonyl (C=O) groups is 3. The molecule has 1 unspecified atom stereocenters. The maximum atomic E-state index is 12.3. The van der Waals surface area contributed by atoms with Crippen LogP contribution in [0.5, 0.6) is 0 Å². The molecule has 0 aliphatic heterocycles. The average Bonchev–Trinajstić information content (AvgIpc) is 2.98. The summed E-state index contributed by atoms with van der Waals surface area (Å²) >= 11 is 3.35. The fourth-order valence-electron chi connectivity index (χ4n) is 2.55. The van der Waals surface area contributed by atoms with Crippen molar-refractivity contribution in [3.8, 4) is 0 Å². The van der Waals surface area contributed by atoms with Crippen LogP contribution in [0, 0.1) is 13.8 Å². The topological polar surface area (TPSA) is 97.6 Å². The minimum absolute atomic E-state index is 0.0160. The van der Waals surface area contributed by atoms with Crippen LogP contribution in [0.3, 0.4) is 0 Å². The van der Waals surface area contributed by atoms with Gasteiger partial charge in [0, 0.05) is 4.47 Å². The third-order valence-electron chi connectivity index (χ3n) is 3.90. The molecule has 2 rings (SSSR count). The van der Waals surface area contributed by atoms with E-state index >= 15 is 0 Å². The lowest BCUT2D eigenvalue weighted by Gasteiger charge is -2.18. The monoisotopic (exact) mass is 436 g/mol. The lowest BCUT2D eigenvalue weighted by molar-refractivity contribution is -0.141. The second-order valence-electron chi connectivity index (χ2n) is 5.96. The highest BCUT2D eigenvalue weighted by atomic mass is 79.9. The Morgan fingerprint density at radius 1 is 1.19 bits per heavy atom. The first-order valence-electron chi connectivity index (χ1n) is 8.27. The van der Waals surface area contributed by atoms with Gasteiger partial charge in [0.05, 0.1) is 31.7 Å². The fourth-order valence-corrected chi connectivity index (χ4v) is 2.82. The van der Waals surface area contributed by atoms with Crippen molar-refractivity contribution in [2.45, 2.75) is 26.3 Å². The molecule has 0 saturated heterocycles. The highest BCUT2D eigenvalue weighted by Gasteiger charge is 2.20. The Balaban J connectivity index is 2.00. The molecule has 0 fully saturated rings. The van der Waals surface area contributed by atoms with Crippen molar-refractivity contribution in [3.63, 3.8) is 0 Å². The van der Waals surface area contributed by atoms with Crippen LogP contribution in [0.2, 0.25) is 0 Å². The zero-order valence-electron chi connectivity index (χ0n) is 15.3. The number of methoxy groups -OCH3 is 1. The van der Waals surface area contributed by atoms with E-state index in [1.165, 1.54) is 7.11 Å². The summed E-state index contributed by atoms with van der Waals surface area (Å²) in [6.07, 6.45) is -0.0160. The van der Waals surface area contributed by atoms with E-state index in [4.69, 9.17) is 9.15 Å². The largest absolute Gasteiger partial charge is 0.469 e. The van der Waals surface area contributed by atoms with E-state index in [9.17, 15) is 14.4 Å². The number of carbonyl (C=O) groups excluding carboxylic acids is 3. The normalized spacial score (nSPS) is 11.6. The predicted octanol–water partition coefficient (Wildman–Crippen LogP) is 2.81. The van der Waals surface area contributed by atoms with Crippen LogP contribution in [0.4, 0.5) is 0 Å². The molecule has 0 spiro atoms. The summed E-state index contributed by atoms with van der Waals surface area (Å²) in [6, 6.07) is 8.29. The van der Waals surface area contributed by atoms with Crippen molar-refractivity contribution >= 4 is 33.7 Å². The summed E-state index contributed by atoms with van der Waals surface area (Å²) in [5.41, 5.74) is 1.14. The lowest BCUT2D eigenvalue weighted by Crippen LogP contribution is -2.39. The quantitative estimate of drug-likeness (QED) is 0.650. The van der Waals surface area contributed by atoms with E-state index in [0.717, 1.165) is 10.0 Å². The van der Waals surface area contributed by atoms with Crippen molar-refractivity contribution in [3.05, 3.63) is 57.5 Å². The van der Waals surface area contributed by atoms with Crippen LogP contribution in [0.15, 0.2) is 39.2 Å². The van der Waals surface area contributed by atoms with Crippen LogP contribution < -0.4 is 10.6 Å². The number of rotatable bonds is 7. The molecule has 1 aromatic carbocycles. The van der Waals surface area contributed by atoms with Gasteiger partial charge in [-0.25, -0.2) is 0 Å². The second kappa shape index (κ2) is 9.36. The first-order chi connectivity index (χ1) is 12.8. The number of aryl methyl sites for hydroxylation is 2. The summed E-state index contributed by atoms with van der Waals surface area (Å²) in [7, 11) is 1.29. The Labute approximate surface area is 165 Å². The third kappa shape index (κ3) is 5.96. The Bertz CT molecular complexity index is 829. The van der Waals surface area contributed by atoms with E-state index in [1.54, 1.807) is 32.0 Å². The number of halogens is 1. The van der Waals surface area contributed by atoms with Crippen molar-refractivity contribution < 1.29 is 23.5 Å². The van der Waals surface area contributed by atoms with Gasteiger partial charge in [0.25, 0.3) is 5.91 Å². The molecule has 1 aromatic heterocycles. The summed E-state index contributed by atoms with van der Waals surface area (Å²) in [5, 5.41) is 5.30. The van der Waals surface area contributed by atoms with E-state index in [0.29, 0.717) is 17.1 Å². The molecule has 7 nitrogen and oxygen atoms in total. The van der Waals surface area contributed by atoms with Gasteiger partial charge in [-0.3, -0.25) is 14.4 Å². The molecule has 2 amide bonds. The fraction of sp³-hybridized carbons (Fsp3) is 0.316. The molecule has 27 heavy (non-hydrogen) atoms. The number of ether oxygens (including phenoxy) is 1. The van der Waals surface area contributed by atoms with Crippen LogP contribution in [-0.2, 0) is 14.3 Å². The molecule has 0 aliphatic rings. The van der Waals surface area contributed by atoms with Crippen molar-refractivity contribution in [1.82, 2.24) is 10.6 Å². The zero-order chi connectivity index (χ0) is 20.0. The number of hydrogen-bond donors (Lipinski definition) is 2. The summed E-state index contributed by atoms with van der Waals surface area (Å²) in [5.74, 6) is -0.151. The smallest absolute Gasteiger partial charge is 0.307 e. The molecule has 0 saturated carbocycles. The standard InChI is InChI=1S/C19H21BrN2O5/c1-11-8-15(12(2)27-11)19(25)21-10-17(23)22-16(9-18(24)26-3)13-4-6-14(20)7-5-13/h4-8,16H,9-10H2,1-3H3,(H,21,25)(H,22,23). The van der Waals surface area contributed by atoms with E-state index < -0.39 is 23.8 Å². The minimum atomic E-state index is -0.562. The van der Waals surface area contributed by atoms with E-state index in [2.05, 4.69) is 26.6 Å². The molecule has 2 N–H and O–H groups in total. The molecule has 0 radical (unpaired) electrons. The van der Waals surface area contributed by atoms with Gasteiger partial charge in [-0.05, 0) is 37.6 Å². The molecule has 0 bridgehead atoms. The number of furan rings is 1. The number of nitrogens with one attached hydrogen (secondary N) is 2. The van der Waals surface area contributed by atoms with Gasteiger partial charge in [0.15, 0.2) is 0 Å². The van der Waals surface area contributed by atoms with Crippen molar-refractivity contribution in [1.29, 1.82) is 0 Å². The SMILES string of the molecule is COC(=O)CC(NC(=O)CNC(=O)c1cc(C)oc1C)c1ccc(Br)cc1. The molecule has 1 heterocycles. The maximum Gasteiger partial charge on any atom is 0.307 e. The summed E-state index contributed by atoms with van der Waals surface area (Å²) in [6.45, 7) is 3.20. The molecule has 8 heteroatoms. The van der Waals surface area contributed by atoms with Crippen LogP contribution >= 0.6 is 15.9 Å². The molecule has 0 aliphatic carbocycles. The van der Waals surface area contributed by atoms with Gasteiger partial charge in [0.1, 0.15) is 11.5 Å². The van der Waals surface area contributed by atoms with Crippen molar-refractivity contribution in [2.75, 3.05) is 13.7 Å². The van der Waals surface area contributed by atoms with Gasteiger partial charge in [-0.2, -0.15) is 0 Å². The molecule has 1 atom stereocenters. The Kier molecular flexibility index (Phi) is 7.18. The Morgan fingerprint density at radius 2 is 1.85 bits per heavy atom. The Morgan fingerprint density at radius 3 is 2.41 bits per heavy atom. The minimum Gasteiger partial charge on any atom is -0.469 e. The third-order valence-corrected chi connectivity index (χ3v) is 4.43. The van der Waals surface area contributed by atoms with Crippen molar-refractivity contribution in [2.24, 2.45) is 0 Å². The molecular weight excluding hydrogens is 416 g/mol. The average molecular weight is 437 g/mol. The van der Waals surface area contributed by atoms with E-state index in [-0.39, 0.29) is 13.0 Å². The number of amides is 2. The Hall–Kier alpha value is -2.61. The number of benzene rings is 1. The lowest BCUT2D eigenvalue weighted by atomic mass is 10.0. The number of hydrogen-bond acceptors (Lipinski definition) is 5. The zero-order valence-corrected chi connectivity index (χ0v) is 16.9. The maximum absolute atomic E-state index is 12.3. The molecule has 2 aromatic rings. The van der Waals surface area contributed by atoms with Crippen LogP contribution in [-0.4, -0.2) is 31.4 Å².